The van der Waals surface area contributed by atoms with Gasteiger partial charge >= 0.3 is 5.97 Å². The highest BCUT2D eigenvalue weighted by Crippen LogP contribution is 2.20. The summed E-state index contributed by atoms with van der Waals surface area (Å²) in [5, 5.41) is 27.9. The summed E-state index contributed by atoms with van der Waals surface area (Å²) in [6.45, 7) is 0.0165. The fourth-order valence-corrected chi connectivity index (χ4v) is 2.09. The van der Waals surface area contributed by atoms with Crippen LogP contribution in [0.4, 0.5) is 0 Å². The van der Waals surface area contributed by atoms with Gasteiger partial charge in [-0.3, -0.25) is 4.40 Å². The van der Waals surface area contributed by atoms with Crippen LogP contribution < -0.4 is 4.74 Å². The fraction of sp³-hybridized carbons (Fsp3) is 0.0667. The van der Waals surface area contributed by atoms with E-state index in [9.17, 15) is 20.1 Å². The van der Waals surface area contributed by atoms with Gasteiger partial charge in [-0.2, -0.15) is 0 Å². The second-order valence-electron chi connectivity index (χ2n) is 4.61. The van der Waals surface area contributed by atoms with Crippen LogP contribution in [0.2, 0.25) is 0 Å². The number of rotatable bonds is 4. The standard InChI is InChI=1S/C15H12N2O5/c18-9-1-4-11(5-2-9)22-8-13-16-14(15(20)21)12-6-3-10(19)7-17(12)13/h1-7,18-19H,8H2,(H,20,21). The van der Waals surface area contributed by atoms with E-state index >= 15 is 0 Å². The van der Waals surface area contributed by atoms with Crippen LogP contribution in [-0.4, -0.2) is 30.7 Å². The fourth-order valence-electron chi connectivity index (χ4n) is 2.09. The molecule has 7 heteroatoms. The monoisotopic (exact) mass is 300 g/mol. The van der Waals surface area contributed by atoms with E-state index in [2.05, 4.69) is 4.98 Å². The Kier molecular flexibility index (Phi) is 3.30. The second kappa shape index (κ2) is 5.28. The predicted octanol–water partition coefficient (Wildman–Crippen LogP) is 2.02. The zero-order valence-corrected chi connectivity index (χ0v) is 11.3. The largest absolute Gasteiger partial charge is 0.508 e. The van der Waals surface area contributed by atoms with Gasteiger partial charge in [0, 0.05) is 0 Å². The van der Waals surface area contributed by atoms with Gasteiger partial charge in [-0.05, 0) is 36.4 Å². The first-order chi connectivity index (χ1) is 10.5. The van der Waals surface area contributed by atoms with Crippen molar-refractivity contribution in [1.82, 2.24) is 9.38 Å². The molecule has 0 aliphatic heterocycles. The number of ether oxygens (including phenoxy) is 1. The number of carbonyl (C=O) groups is 1. The van der Waals surface area contributed by atoms with E-state index in [-0.39, 0.29) is 23.8 Å². The Bertz CT molecular complexity index is 839. The van der Waals surface area contributed by atoms with Gasteiger partial charge in [-0.25, -0.2) is 9.78 Å². The minimum Gasteiger partial charge on any atom is -0.508 e. The third kappa shape index (κ3) is 2.51. The third-order valence-corrected chi connectivity index (χ3v) is 3.10. The van der Waals surface area contributed by atoms with Crippen molar-refractivity contribution in [3.8, 4) is 17.2 Å². The molecule has 0 unspecified atom stereocenters. The summed E-state index contributed by atoms with van der Waals surface area (Å²) >= 11 is 0. The van der Waals surface area contributed by atoms with Gasteiger partial charge in [0.25, 0.3) is 0 Å². The third-order valence-electron chi connectivity index (χ3n) is 3.10. The number of aromatic hydroxyl groups is 2. The van der Waals surface area contributed by atoms with Crippen molar-refractivity contribution >= 4 is 11.5 Å². The van der Waals surface area contributed by atoms with Crippen LogP contribution >= 0.6 is 0 Å². The molecule has 7 nitrogen and oxygen atoms in total. The van der Waals surface area contributed by atoms with E-state index in [1.807, 2.05) is 0 Å². The lowest BCUT2D eigenvalue weighted by molar-refractivity contribution is 0.0693. The maximum absolute atomic E-state index is 11.2. The van der Waals surface area contributed by atoms with Crippen LogP contribution in [0.25, 0.3) is 5.52 Å². The Hall–Kier alpha value is -3.22. The number of carboxylic acids is 1. The molecular weight excluding hydrogens is 288 g/mol. The van der Waals surface area contributed by atoms with Crippen LogP contribution in [0.15, 0.2) is 42.6 Å². The number of aromatic nitrogens is 2. The molecule has 112 valence electrons. The number of benzene rings is 1. The van der Waals surface area contributed by atoms with Gasteiger partial charge < -0.3 is 20.1 Å². The highest BCUT2D eigenvalue weighted by Gasteiger charge is 2.17. The summed E-state index contributed by atoms with van der Waals surface area (Å²) in [5.74, 6) is -0.188. The van der Waals surface area contributed by atoms with Crippen LogP contribution in [0.3, 0.4) is 0 Å². The van der Waals surface area contributed by atoms with E-state index in [1.165, 1.54) is 34.9 Å². The minimum absolute atomic E-state index is 0.00674. The lowest BCUT2D eigenvalue weighted by Gasteiger charge is -2.05. The van der Waals surface area contributed by atoms with Crippen LogP contribution in [-0.2, 0) is 6.61 Å². The van der Waals surface area contributed by atoms with Crippen molar-refractivity contribution in [2.75, 3.05) is 0 Å². The van der Waals surface area contributed by atoms with Gasteiger partial charge in [-0.1, -0.05) is 0 Å². The van der Waals surface area contributed by atoms with E-state index < -0.39 is 5.97 Å². The number of fused-ring (bicyclic) bond motifs is 1. The molecule has 0 aliphatic carbocycles. The van der Waals surface area contributed by atoms with Crippen molar-refractivity contribution < 1.29 is 24.9 Å². The number of carboxylic acid groups (broad SMARTS) is 1. The lowest BCUT2D eigenvalue weighted by atomic mass is 10.3. The summed E-state index contributed by atoms with van der Waals surface area (Å²) in [6, 6.07) is 9.01. The average molecular weight is 300 g/mol. The Labute approximate surface area is 124 Å². The van der Waals surface area contributed by atoms with Gasteiger partial charge in [0.05, 0.1) is 11.7 Å². The number of imidazole rings is 1. The van der Waals surface area contributed by atoms with Crippen molar-refractivity contribution in [2.24, 2.45) is 0 Å². The van der Waals surface area contributed by atoms with Gasteiger partial charge in [0.1, 0.15) is 23.9 Å². The number of pyridine rings is 1. The topological polar surface area (TPSA) is 104 Å². The zero-order chi connectivity index (χ0) is 15.7. The molecule has 2 aromatic heterocycles. The molecule has 0 radical (unpaired) electrons. The Morgan fingerprint density at radius 3 is 2.45 bits per heavy atom. The molecule has 0 saturated carbocycles. The minimum atomic E-state index is -1.15. The first-order valence-corrected chi connectivity index (χ1v) is 6.39. The summed E-state index contributed by atoms with van der Waals surface area (Å²) in [7, 11) is 0. The van der Waals surface area contributed by atoms with E-state index in [1.54, 1.807) is 12.1 Å². The molecule has 0 spiro atoms. The van der Waals surface area contributed by atoms with E-state index in [0.717, 1.165) is 0 Å². The quantitative estimate of drug-likeness (QED) is 0.681. The van der Waals surface area contributed by atoms with Crippen LogP contribution in [0.5, 0.6) is 17.2 Å². The van der Waals surface area contributed by atoms with E-state index in [4.69, 9.17) is 4.74 Å². The molecule has 0 aliphatic rings. The normalized spacial score (nSPS) is 10.7. The molecule has 3 N–H and O–H groups in total. The molecule has 0 amide bonds. The highest BCUT2D eigenvalue weighted by molar-refractivity contribution is 5.93. The number of hydrogen-bond donors (Lipinski definition) is 3. The molecule has 3 aromatic rings. The maximum Gasteiger partial charge on any atom is 0.356 e. The molecule has 0 fully saturated rings. The Balaban J connectivity index is 1.94. The van der Waals surface area contributed by atoms with Crippen molar-refractivity contribution in [1.29, 1.82) is 0 Å². The maximum atomic E-state index is 11.2. The van der Waals surface area contributed by atoms with Crippen molar-refractivity contribution in [3.05, 3.63) is 54.1 Å². The molecule has 2 heterocycles. The number of hydrogen-bond acceptors (Lipinski definition) is 5. The number of aromatic carboxylic acids is 1. The van der Waals surface area contributed by atoms with Crippen molar-refractivity contribution in [2.45, 2.75) is 6.61 Å². The lowest BCUT2D eigenvalue weighted by Crippen LogP contribution is -2.01. The Morgan fingerprint density at radius 1 is 1.09 bits per heavy atom. The summed E-state index contributed by atoms with van der Waals surface area (Å²) in [6.07, 6.45) is 1.38. The number of nitrogens with zero attached hydrogens (tertiary/aromatic N) is 2. The second-order valence-corrected chi connectivity index (χ2v) is 4.61. The Morgan fingerprint density at radius 2 is 1.77 bits per heavy atom. The van der Waals surface area contributed by atoms with Crippen LogP contribution in [0, 0.1) is 0 Å². The molecule has 1 aromatic carbocycles. The summed E-state index contributed by atoms with van der Waals surface area (Å²) in [5.41, 5.74) is 0.263. The highest BCUT2D eigenvalue weighted by atomic mass is 16.5. The molecule has 3 rings (SSSR count). The molecule has 0 saturated heterocycles. The number of phenolic OH excluding ortho intramolecular Hbond substituents is 1. The zero-order valence-electron chi connectivity index (χ0n) is 11.3. The SMILES string of the molecule is O=C(O)c1nc(COc2ccc(O)cc2)n2cc(O)ccc12. The summed E-state index contributed by atoms with van der Waals surface area (Å²) in [4.78, 5) is 15.3. The van der Waals surface area contributed by atoms with Gasteiger partial charge in [0.2, 0.25) is 0 Å². The van der Waals surface area contributed by atoms with E-state index in [0.29, 0.717) is 17.1 Å². The van der Waals surface area contributed by atoms with Gasteiger partial charge in [0.15, 0.2) is 11.5 Å². The van der Waals surface area contributed by atoms with Gasteiger partial charge in [-0.15, -0.1) is 0 Å². The summed E-state index contributed by atoms with van der Waals surface area (Å²) < 4.78 is 6.99. The van der Waals surface area contributed by atoms with Crippen LogP contribution in [0.1, 0.15) is 16.3 Å². The molecule has 0 atom stereocenters. The van der Waals surface area contributed by atoms with Crippen molar-refractivity contribution in [3.63, 3.8) is 0 Å². The average Bonchev–Trinajstić information content (AvgIpc) is 2.85. The molecule has 0 bridgehead atoms. The molecule has 22 heavy (non-hydrogen) atoms. The number of phenols is 1. The first-order valence-electron chi connectivity index (χ1n) is 6.39. The molecular formula is C15H12N2O5. The smallest absolute Gasteiger partial charge is 0.356 e. The predicted molar refractivity (Wildman–Crippen MR) is 76.3 cm³/mol. The first kappa shape index (κ1) is 13.7.